The van der Waals surface area contributed by atoms with Crippen molar-refractivity contribution in [3.8, 4) is 0 Å². The molecule has 1 aromatic rings. The molecule has 0 aliphatic carbocycles. The SMILES string of the molecule is CCc1ccc(C(O)CNC(C)C(=O)O)cc1. The van der Waals surface area contributed by atoms with E-state index in [4.69, 9.17) is 5.11 Å². The van der Waals surface area contributed by atoms with E-state index in [-0.39, 0.29) is 6.54 Å². The van der Waals surface area contributed by atoms with Gasteiger partial charge in [-0.15, -0.1) is 0 Å². The van der Waals surface area contributed by atoms with Crippen LogP contribution in [0.2, 0.25) is 0 Å². The molecule has 2 unspecified atom stereocenters. The summed E-state index contributed by atoms with van der Waals surface area (Å²) in [5.74, 6) is -0.918. The standard InChI is InChI=1S/C13H19NO3/c1-3-10-4-6-11(7-5-10)12(15)8-14-9(2)13(16)17/h4-7,9,12,14-15H,3,8H2,1-2H3,(H,16,17). The molecular formula is C13H19NO3. The zero-order valence-corrected chi connectivity index (χ0v) is 10.2. The van der Waals surface area contributed by atoms with Crippen molar-refractivity contribution < 1.29 is 15.0 Å². The fraction of sp³-hybridized carbons (Fsp3) is 0.462. The minimum absolute atomic E-state index is 0.235. The van der Waals surface area contributed by atoms with Gasteiger partial charge in [-0.25, -0.2) is 0 Å². The molecule has 0 aliphatic heterocycles. The van der Waals surface area contributed by atoms with E-state index in [9.17, 15) is 9.90 Å². The summed E-state index contributed by atoms with van der Waals surface area (Å²) in [7, 11) is 0. The number of aliphatic carboxylic acids is 1. The van der Waals surface area contributed by atoms with Crippen molar-refractivity contribution in [2.45, 2.75) is 32.4 Å². The van der Waals surface area contributed by atoms with E-state index < -0.39 is 18.1 Å². The van der Waals surface area contributed by atoms with Gasteiger partial charge in [0, 0.05) is 6.54 Å². The number of carbonyl (C=O) groups is 1. The molecule has 0 spiro atoms. The minimum atomic E-state index is -0.918. The van der Waals surface area contributed by atoms with Crippen molar-refractivity contribution in [2.75, 3.05) is 6.54 Å². The summed E-state index contributed by atoms with van der Waals surface area (Å²) >= 11 is 0. The van der Waals surface area contributed by atoms with E-state index in [1.54, 1.807) is 6.92 Å². The maximum absolute atomic E-state index is 10.6. The lowest BCUT2D eigenvalue weighted by Crippen LogP contribution is -2.36. The molecule has 4 heteroatoms. The molecule has 0 fully saturated rings. The first-order valence-corrected chi connectivity index (χ1v) is 5.77. The Morgan fingerprint density at radius 2 is 1.94 bits per heavy atom. The maximum Gasteiger partial charge on any atom is 0.320 e. The van der Waals surface area contributed by atoms with Gasteiger partial charge < -0.3 is 15.5 Å². The predicted octanol–water partition coefficient (Wildman–Crippen LogP) is 1.35. The molecule has 0 saturated carbocycles. The summed E-state index contributed by atoms with van der Waals surface area (Å²) in [6.07, 6.45) is 0.285. The second-order valence-corrected chi connectivity index (χ2v) is 4.08. The van der Waals surface area contributed by atoms with E-state index in [0.717, 1.165) is 12.0 Å². The van der Waals surface area contributed by atoms with E-state index in [0.29, 0.717) is 0 Å². The number of aliphatic hydroxyl groups is 1. The Hall–Kier alpha value is -1.39. The zero-order chi connectivity index (χ0) is 12.8. The highest BCUT2D eigenvalue weighted by Crippen LogP contribution is 2.13. The third kappa shape index (κ3) is 4.17. The van der Waals surface area contributed by atoms with Gasteiger partial charge in [0.25, 0.3) is 0 Å². The third-order valence-corrected chi connectivity index (χ3v) is 2.76. The molecule has 3 N–H and O–H groups in total. The highest BCUT2D eigenvalue weighted by molar-refractivity contribution is 5.72. The van der Waals surface area contributed by atoms with Crippen molar-refractivity contribution in [1.29, 1.82) is 0 Å². The van der Waals surface area contributed by atoms with E-state index in [1.165, 1.54) is 5.56 Å². The van der Waals surface area contributed by atoms with Crippen LogP contribution in [0.3, 0.4) is 0 Å². The summed E-state index contributed by atoms with van der Waals surface area (Å²) < 4.78 is 0. The molecule has 0 radical (unpaired) electrons. The number of rotatable bonds is 6. The molecule has 0 saturated heterocycles. The smallest absolute Gasteiger partial charge is 0.320 e. The summed E-state index contributed by atoms with van der Waals surface area (Å²) in [4.78, 5) is 10.6. The van der Waals surface area contributed by atoms with Gasteiger partial charge in [-0.1, -0.05) is 31.2 Å². The molecule has 2 atom stereocenters. The topological polar surface area (TPSA) is 69.6 Å². The van der Waals surface area contributed by atoms with Crippen LogP contribution < -0.4 is 5.32 Å². The molecule has 1 rings (SSSR count). The van der Waals surface area contributed by atoms with Crippen LogP contribution in [0.1, 0.15) is 31.1 Å². The maximum atomic E-state index is 10.6. The van der Waals surface area contributed by atoms with Crippen molar-refractivity contribution in [1.82, 2.24) is 5.32 Å². The van der Waals surface area contributed by atoms with Gasteiger partial charge in [-0.3, -0.25) is 4.79 Å². The lowest BCUT2D eigenvalue weighted by atomic mass is 10.1. The van der Waals surface area contributed by atoms with Gasteiger partial charge in [-0.05, 0) is 24.5 Å². The lowest BCUT2D eigenvalue weighted by Gasteiger charge is -2.14. The summed E-state index contributed by atoms with van der Waals surface area (Å²) in [5.41, 5.74) is 2.01. The second kappa shape index (κ2) is 6.37. The van der Waals surface area contributed by atoms with Crippen molar-refractivity contribution in [3.05, 3.63) is 35.4 Å². The van der Waals surface area contributed by atoms with Crippen LogP contribution >= 0.6 is 0 Å². The average molecular weight is 237 g/mol. The number of aliphatic hydroxyl groups excluding tert-OH is 1. The van der Waals surface area contributed by atoms with E-state index >= 15 is 0 Å². The Labute approximate surface area is 101 Å². The fourth-order valence-corrected chi connectivity index (χ4v) is 1.47. The highest BCUT2D eigenvalue weighted by Gasteiger charge is 2.13. The van der Waals surface area contributed by atoms with Crippen molar-refractivity contribution >= 4 is 5.97 Å². The number of hydrogen-bond acceptors (Lipinski definition) is 3. The Bertz CT molecular complexity index is 361. The third-order valence-electron chi connectivity index (χ3n) is 2.76. The molecule has 4 nitrogen and oxygen atoms in total. The van der Waals surface area contributed by atoms with Crippen molar-refractivity contribution in [3.63, 3.8) is 0 Å². The molecule has 0 aliphatic rings. The van der Waals surface area contributed by atoms with Crippen LogP contribution in [-0.4, -0.2) is 28.8 Å². The molecular weight excluding hydrogens is 218 g/mol. The molecule has 94 valence electrons. The first kappa shape index (κ1) is 13.7. The molecule has 17 heavy (non-hydrogen) atoms. The average Bonchev–Trinajstić information content (AvgIpc) is 2.35. The Morgan fingerprint density at radius 3 is 2.41 bits per heavy atom. The van der Waals surface area contributed by atoms with Crippen molar-refractivity contribution in [2.24, 2.45) is 0 Å². The van der Waals surface area contributed by atoms with Crippen LogP contribution in [-0.2, 0) is 11.2 Å². The largest absolute Gasteiger partial charge is 0.480 e. The second-order valence-electron chi connectivity index (χ2n) is 4.08. The Kier molecular flexibility index (Phi) is 5.12. The van der Waals surface area contributed by atoms with E-state index in [1.807, 2.05) is 24.3 Å². The van der Waals surface area contributed by atoms with Crippen LogP contribution in [0.25, 0.3) is 0 Å². The normalized spacial score (nSPS) is 14.3. The number of carboxylic acid groups (broad SMARTS) is 1. The first-order valence-electron chi connectivity index (χ1n) is 5.77. The number of carboxylic acids is 1. The number of hydrogen-bond donors (Lipinski definition) is 3. The highest BCUT2D eigenvalue weighted by atomic mass is 16.4. The van der Waals surface area contributed by atoms with Crippen LogP contribution in [0.4, 0.5) is 0 Å². The molecule has 0 amide bonds. The summed E-state index contributed by atoms with van der Waals surface area (Å²) in [6.45, 7) is 3.86. The van der Waals surface area contributed by atoms with Crippen LogP contribution in [0.15, 0.2) is 24.3 Å². The van der Waals surface area contributed by atoms with Gasteiger partial charge >= 0.3 is 5.97 Å². The van der Waals surface area contributed by atoms with Gasteiger partial charge in [-0.2, -0.15) is 0 Å². The van der Waals surface area contributed by atoms with Gasteiger partial charge in [0.05, 0.1) is 6.10 Å². The molecule has 0 aromatic heterocycles. The first-order chi connectivity index (χ1) is 8.04. The Balaban J connectivity index is 2.51. The zero-order valence-electron chi connectivity index (χ0n) is 10.2. The predicted molar refractivity (Wildman–Crippen MR) is 65.9 cm³/mol. The fourth-order valence-electron chi connectivity index (χ4n) is 1.47. The summed E-state index contributed by atoms with van der Waals surface area (Å²) in [5, 5.41) is 21.3. The molecule has 0 heterocycles. The number of benzene rings is 1. The van der Waals surface area contributed by atoms with Crippen LogP contribution in [0.5, 0.6) is 0 Å². The monoisotopic (exact) mass is 237 g/mol. The number of nitrogens with one attached hydrogen (secondary N) is 1. The molecule has 0 bridgehead atoms. The quantitative estimate of drug-likeness (QED) is 0.698. The Morgan fingerprint density at radius 1 is 1.35 bits per heavy atom. The van der Waals surface area contributed by atoms with Gasteiger partial charge in [0.15, 0.2) is 0 Å². The van der Waals surface area contributed by atoms with E-state index in [2.05, 4.69) is 12.2 Å². The van der Waals surface area contributed by atoms with Gasteiger partial charge in [0.1, 0.15) is 6.04 Å². The van der Waals surface area contributed by atoms with Gasteiger partial charge in [0.2, 0.25) is 0 Å². The van der Waals surface area contributed by atoms with Crippen LogP contribution in [0, 0.1) is 0 Å². The molecule has 1 aromatic carbocycles. The number of aryl methyl sites for hydroxylation is 1. The minimum Gasteiger partial charge on any atom is -0.480 e. The lowest BCUT2D eigenvalue weighted by molar-refractivity contribution is -0.139. The summed E-state index contributed by atoms with van der Waals surface area (Å²) in [6, 6.07) is 7.03.